The predicted octanol–water partition coefficient (Wildman–Crippen LogP) is 2.55. The van der Waals surface area contributed by atoms with E-state index >= 15 is 0 Å². The Labute approximate surface area is 154 Å². The van der Waals surface area contributed by atoms with Gasteiger partial charge in [-0.1, -0.05) is 12.5 Å². The maximum Gasteiger partial charge on any atom is 0.341 e. The van der Waals surface area contributed by atoms with Gasteiger partial charge in [-0.2, -0.15) is 0 Å². The van der Waals surface area contributed by atoms with E-state index in [9.17, 15) is 14.7 Å². The van der Waals surface area contributed by atoms with Gasteiger partial charge >= 0.3 is 5.97 Å². The van der Waals surface area contributed by atoms with Crippen molar-refractivity contribution in [3.63, 3.8) is 0 Å². The molecule has 1 aromatic rings. The Kier molecular flexibility index (Phi) is 6.14. The molecule has 142 valence electrons. The Hall–Kier alpha value is -2.08. The Balaban J connectivity index is 1.64. The van der Waals surface area contributed by atoms with Crippen LogP contribution in [0.5, 0.6) is 5.75 Å². The largest absolute Gasteiger partial charge is 0.507 e. The first-order valence-electron chi connectivity index (χ1n) is 9.50. The van der Waals surface area contributed by atoms with Gasteiger partial charge in [-0.25, -0.2) is 4.79 Å². The third kappa shape index (κ3) is 4.36. The Bertz CT molecular complexity index is 661. The zero-order valence-corrected chi connectivity index (χ0v) is 15.4. The number of rotatable bonds is 6. The molecule has 0 aliphatic carbocycles. The number of amides is 1. The topological polar surface area (TPSA) is 70.1 Å². The Morgan fingerprint density at radius 1 is 1.27 bits per heavy atom. The molecule has 6 nitrogen and oxygen atoms in total. The van der Waals surface area contributed by atoms with Crippen molar-refractivity contribution in [2.75, 3.05) is 26.7 Å². The molecule has 0 saturated carbocycles. The number of aromatic hydroxyl groups is 1. The van der Waals surface area contributed by atoms with E-state index in [2.05, 4.69) is 4.90 Å². The van der Waals surface area contributed by atoms with E-state index in [1.807, 2.05) is 11.0 Å². The van der Waals surface area contributed by atoms with E-state index in [1.165, 1.54) is 20.0 Å². The lowest BCUT2D eigenvalue weighted by molar-refractivity contribution is -0.127. The summed E-state index contributed by atoms with van der Waals surface area (Å²) in [5.41, 5.74) is 1.20. The van der Waals surface area contributed by atoms with Gasteiger partial charge in [0.15, 0.2) is 0 Å². The quantitative estimate of drug-likeness (QED) is 0.790. The van der Waals surface area contributed by atoms with Crippen LogP contribution in [-0.4, -0.2) is 59.6 Å². The third-order valence-corrected chi connectivity index (χ3v) is 5.50. The van der Waals surface area contributed by atoms with Gasteiger partial charge in [-0.3, -0.25) is 9.69 Å². The molecule has 2 saturated heterocycles. The number of esters is 1. The summed E-state index contributed by atoms with van der Waals surface area (Å²) >= 11 is 0. The molecular weight excluding hydrogens is 332 g/mol. The standard InChI is InChI=1S/C20H28N2O4/c1-26-20(25)17-13-15(7-8-18(17)23)14-22-10-3-2-5-16(22)9-12-21-11-4-6-19(21)24/h7-8,13,16,23H,2-6,9-12,14H2,1H3. The number of phenols is 1. The van der Waals surface area contributed by atoms with Crippen LogP contribution in [0.1, 0.15) is 54.4 Å². The van der Waals surface area contributed by atoms with Crippen molar-refractivity contribution in [1.82, 2.24) is 9.80 Å². The molecule has 1 aromatic carbocycles. The lowest BCUT2D eigenvalue weighted by Gasteiger charge is -2.36. The fourth-order valence-corrected chi connectivity index (χ4v) is 4.03. The molecule has 26 heavy (non-hydrogen) atoms. The molecule has 1 atom stereocenters. The van der Waals surface area contributed by atoms with Gasteiger partial charge in [0.1, 0.15) is 11.3 Å². The van der Waals surface area contributed by atoms with Crippen LogP contribution in [0.25, 0.3) is 0 Å². The first kappa shape index (κ1) is 18.7. The second-order valence-corrected chi connectivity index (χ2v) is 7.24. The van der Waals surface area contributed by atoms with Crippen LogP contribution in [0.15, 0.2) is 18.2 Å². The number of benzene rings is 1. The molecule has 2 aliphatic rings. The smallest absolute Gasteiger partial charge is 0.341 e. The number of carbonyl (C=O) groups excluding carboxylic acids is 2. The van der Waals surface area contributed by atoms with Crippen LogP contribution >= 0.6 is 0 Å². The molecule has 3 rings (SSSR count). The molecule has 0 bridgehead atoms. The highest BCUT2D eigenvalue weighted by Gasteiger charge is 2.26. The first-order valence-corrected chi connectivity index (χ1v) is 9.50. The average molecular weight is 360 g/mol. The maximum atomic E-state index is 11.8. The summed E-state index contributed by atoms with van der Waals surface area (Å²) in [7, 11) is 1.31. The molecule has 1 amide bonds. The Morgan fingerprint density at radius 2 is 2.12 bits per heavy atom. The summed E-state index contributed by atoms with van der Waals surface area (Å²) in [6, 6.07) is 5.59. The number of carbonyl (C=O) groups is 2. The summed E-state index contributed by atoms with van der Waals surface area (Å²) in [6.07, 6.45) is 6.20. The second kappa shape index (κ2) is 8.54. The van der Waals surface area contributed by atoms with Crippen molar-refractivity contribution in [3.05, 3.63) is 29.3 Å². The molecular formula is C20H28N2O4. The van der Waals surface area contributed by atoms with Crippen LogP contribution in [0, 0.1) is 0 Å². The molecule has 6 heteroatoms. The molecule has 0 radical (unpaired) electrons. The van der Waals surface area contributed by atoms with E-state index < -0.39 is 5.97 Å². The minimum absolute atomic E-state index is 0.0525. The van der Waals surface area contributed by atoms with Crippen LogP contribution in [0.2, 0.25) is 0 Å². The molecule has 0 aromatic heterocycles. The summed E-state index contributed by atoms with van der Waals surface area (Å²) in [4.78, 5) is 28.0. The fraction of sp³-hybridized carbons (Fsp3) is 0.600. The lowest BCUT2D eigenvalue weighted by atomic mass is 9.98. The average Bonchev–Trinajstić information content (AvgIpc) is 3.07. The van der Waals surface area contributed by atoms with Gasteiger partial charge < -0.3 is 14.7 Å². The number of methoxy groups -OCH3 is 1. The zero-order chi connectivity index (χ0) is 18.5. The fourth-order valence-electron chi connectivity index (χ4n) is 4.03. The van der Waals surface area contributed by atoms with Gasteiger partial charge in [0, 0.05) is 32.1 Å². The number of hydrogen-bond acceptors (Lipinski definition) is 5. The number of piperidine rings is 1. The normalized spacial score (nSPS) is 21.2. The summed E-state index contributed by atoms with van der Waals surface area (Å²) in [6.45, 7) is 3.49. The minimum Gasteiger partial charge on any atom is -0.507 e. The lowest BCUT2D eigenvalue weighted by Crippen LogP contribution is -2.41. The monoisotopic (exact) mass is 360 g/mol. The van der Waals surface area contributed by atoms with Crippen LogP contribution in [0.4, 0.5) is 0 Å². The SMILES string of the molecule is COC(=O)c1cc(CN2CCCCC2CCN2CCCC2=O)ccc1O. The van der Waals surface area contributed by atoms with Crippen molar-refractivity contribution in [1.29, 1.82) is 0 Å². The van der Waals surface area contributed by atoms with E-state index in [4.69, 9.17) is 4.74 Å². The highest BCUT2D eigenvalue weighted by molar-refractivity contribution is 5.92. The number of likely N-dealkylation sites (tertiary alicyclic amines) is 2. The molecule has 0 spiro atoms. The highest BCUT2D eigenvalue weighted by atomic mass is 16.5. The van der Waals surface area contributed by atoms with Crippen molar-refractivity contribution < 1.29 is 19.4 Å². The molecule has 1 N–H and O–H groups in total. The molecule has 2 aliphatic heterocycles. The molecule has 1 unspecified atom stereocenters. The minimum atomic E-state index is -0.521. The van der Waals surface area contributed by atoms with Gasteiger partial charge in [0.2, 0.25) is 5.91 Å². The predicted molar refractivity (Wildman–Crippen MR) is 97.9 cm³/mol. The highest BCUT2D eigenvalue weighted by Crippen LogP contribution is 2.25. The van der Waals surface area contributed by atoms with E-state index in [1.54, 1.807) is 12.1 Å². The number of hydrogen-bond donors (Lipinski definition) is 1. The maximum absolute atomic E-state index is 11.8. The van der Waals surface area contributed by atoms with Crippen molar-refractivity contribution in [2.24, 2.45) is 0 Å². The second-order valence-electron chi connectivity index (χ2n) is 7.24. The van der Waals surface area contributed by atoms with Crippen molar-refractivity contribution >= 4 is 11.9 Å². The summed E-state index contributed by atoms with van der Waals surface area (Å²) in [5.74, 6) is -0.288. The number of nitrogens with zero attached hydrogens (tertiary/aromatic N) is 2. The van der Waals surface area contributed by atoms with Gasteiger partial charge in [0.05, 0.1) is 7.11 Å². The van der Waals surface area contributed by atoms with Crippen LogP contribution in [0.3, 0.4) is 0 Å². The van der Waals surface area contributed by atoms with Gasteiger partial charge in [-0.15, -0.1) is 0 Å². The van der Waals surface area contributed by atoms with E-state index in [0.717, 1.165) is 51.0 Å². The molecule has 2 fully saturated rings. The number of ether oxygens (including phenoxy) is 1. The third-order valence-electron chi connectivity index (χ3n) is 5.50. The number of phenolic OH excluding ortho intramolecular Hbond substituents is 1. The van der Waals surface area contributed by atoms with Crippen molar-refractivity contribution in [2.45, 2.75) is 51.1 Å². The summed E-state index contributed by atoms with van der Waals surface area (Å²) < 4.78 is 4.74. The van der Waals surface area contributed by atoms with E-state index in [0.29, 0.717) is 12.5 Å². The van der Waals surface area contributed by atoms with Crippen molar-refractivity contribution in [3.8, 4) is 5.75 Å². The van der Waals surface area contributed by atoms with Gasteiger partial charge in [0.25, 0.3) is 0 Å². The van der Waals surface area contributed by atoms with E-state index in [-0.39, 0.29) is 17.2 Å². The first-order chi connectivity index (χ1) is 12.6. The van der Waals surface area contributed by atoms with Gasteiger partial charge in [-0.05, 0) is 49.9 Å². The van der Waals surface area contributed by atoms with Crippen LogP contribution < -0.4 is 0 Å². The summed E-state index contributed by atoms with van der Waals surface area (Å²) in [5, 5.41) is 9.87. The zero-order valence-electron chi connectivity index (χ0n) is 15.4. The Morgan fingerprint density at radius 3 is 2.85 bits per heavy atom. The van der Waals surface area contributed by atoms with Crippen LogP contribution in [-0.2, 0) is 16.1 Å². The molecule has 2 heterocycles.